The Labute approximate surface area is 115 Å². The van der Waals surface area contributed by atoms with Gasteiger partial charge in [0.15, 0.2) is 0 Å². The van der Waals surface area contributed by atoms with Crippen LogP contribution >= 0.6 is 0 Å². The fraction of sp³-hybridized carbons (Fsp3) is 0.0667. The molecule has 0 atom stereocenters. The number of nitrogens with zero attached hydrogens (tertiary/aromatic N) is 2. The van der Waals surface area contributed by atoms with Crippen LogP contribution < -0.4 is 10.5 Å². The van der Waals surface area contributed by atoms with E-state index in [9.17, 15) is 4.79 Å². The van der Waals surface area contributed by atoms with Crippen LogP contribution in [0.1, 0.15) is 10.4 Å². The number of nitrogens with two attached hydrogens (primary N) is 1. The molecule has 1 aromatic carbocycles. The van der Waals surface area contributed by atoms with Crippen molar-refractivity contribution in [3.8, 4) is 16.9 Å². The average molecular weight is 267 g/mol. The monoisotopic (exact) mass is 267 g/mol. The molecule has 1 amide bonds. The minimum atomic E-state index is -0.522. The molecule has 0 aliphatic carbocycles. The van der Waals surface area contributed by atoms with Gasteiger partial charge in [-0.05, 0) is 11.6 Å². The van der Waals surface area contributed by atoms with Crippen LogP contribution in [-0.2, 0) is 0 Å². The third kappa shape index (κ3) is 1.89. The Hall–Kier alpha value is -2.82. The molecule has 0 spiro atoms. The van der Waals surface area contributed by atoms with Crippen LogP contribution in [0.3, 0.4) is 0 Å². The summed E-state index contributed by atoms with van der Waals surface area (Å²) in [4.78, 5) is 11.4. The first-order valence-electron chi connectivity index (χ1n) is 6.11. The quantitative estimate of drug-likeness (QED) is 0.790. The number of carbonyl (C=O) groups excluding carboxylic acids is 1. The number of fused-ring (bicyclic) bond motifs is 1. The van der Waals surface area contributed by atoms with Crippen molar-refractivity contribution in [2.75, 3.05) is 7.11 Å². The Kier molecular flexibility index (Phi) is 2.87. The highest BCUT2D eigenvalue weighted by molar-refractivity contribution is 6.01. The van der Waals surface area contributed by atoms with E-state index in [0.29, 0.717) is 16.8 Å². The third-order valence-electron chi connectivity index (χ3n) is 3.17. The first-order chi connectivity index (χ1) is 9.70. The molecule has 3 rings (SSSR count). The number of rotatable bonds is 3. The minimum Gasteiger partial charge on any atom is -0.494 e. The normalized spacial score (nSPS) is 10.7. The lowest BCUT2D eigenvalue weighted by molar-refractivity contribution is 0.100. The molecule has 3 aromatic rings. The molecule has 2 heterocycles. The molecule has 0 saturated carbocycles. The lowest BCUT2D eigenvalue weighted by Gasteiger charge is -2.08. The van der Waals surface area contributed by atoms with Crippen molar-refractivity contribution >= 4 is 11.4 Å². The predicted molar refractivity (Wildman–Crippen MR) is 75.7 cm³/mol. The Balaban J connectivity index is 2.27. The van der Waals surface area contributed by atoms with Gasteiger partial charge in [-0.3, -0.25) is 4.79 Å². The van der Waals surface area contributed by atoms with Gasteiger partial charge < -0.3 is 10.5 Å². The molecular formula is C15H13N3O2. The summed E-state index contributed by atoms with van der Waals surface area (Å²) in [5, 5.41) is 4.17. The highest BCUT2D eigenvalue weighted by Gasteiger charge is 2.15. The van der Waals surface area contributed by atoms with Crippen molar-refractivity contribution < 1.29 is 9.53 Å². The van der Waals surface area contributed by atoms with E-state index in [0.717, 1.165) is 11.1 Å². The molecule has 0 aliphatic rings. The molecule has 5 heteroatoms. The summed E-state index contributed by atoms with van der Waals surface area (Å²) in [5.74, 6) is 0.0448. The molecule has 5 nitrogen and oxygen atoms in total. The molecule has 2 aromatic heterocycles. The molecule has 100 valence electrons. The zero-order valence-electron chi connectivity index (χ0n) is 10.9. The first-order valence-corrected chi connectivity index (χ1v) is 6.11. The number of hydrogen-bond donors (Lipinski definition) is 1. The Morgan fingerprint density at radius 3 is 2.65 bits per heavy atom. The number of ether oxygens (including phenoxy) is 1. The number of pyridine rings is 1. The molecule has 0 fully saturated rings. The summed E-state index contributed by atoms with van der Waals surface area (Å²) >= 11 is 0. The predicted octanol–water partition coefficient (Wildman–Crippen LogP) is 2.11. The summed E-state index contributed by atoms with van der Waals surface area (Å²) < 4.78 is 6.98. The molecule has 2 N–H and O–H groups in total. The van der Waals surface area contributed by atoms with Gasteiger partial charge in [-0.1, -0.05) is 30.3 Å². The molecule has 0 unspecified atom stereocenters. The van der Waals surface area contributed by atoms with E-state index in [1.165, 1.54) is 6.20 Å². The van der Waals surface area contributed by atoms with Crippen molar-refractivity contribution in [3.63, 3.8) is 0 Å². The van der Waals surface area contributed by atoms with Gasteiger partial charge in [-0.25, -0.2) is 4.52 Å². The summed E-state index contributed by atoms with van der Waals surface area (Å²) in [5.41, 5.74) is 8.28. The number of methoxy groups -OCH3 is 1. The third-order valence-corrected chi connectivity index (χ3v) is 3.17. The lowest BCUT2D eigenvalue weighted by atomic mass is 10.1. The molecule has 0 radical (unpaired) electrons. The molecule has 20 heavy (non-hydrogen) atoms. The number of hydrogen-bond acceptors (Lipinski definition) is 3. The summed E-state index contributed by atoms with van der Waals surface area (Å²) in [6.45, 7) is 0. The summed E-state index contributed by atoms with van der Waals surface area (Å²) in [6, 6.07) is 11.8. The lowest BCUT2D eigenvalue weighted by Crippen LogP contribution is -2.10. The Morgan fingerprint density at radius 1 is 1.25 bits per heavy atom. The second-order valence-corrected chi connectivity index (χ2v) is 4.38. The standard InChI is InChI=1S/C15H13N3O2/c1-20-13-7-11(10-5-3-2-4-6-10)9-18-14(13)12(8-17-18)15(16)19/h2-9H,1H3,(H2,16,19). The number of primary amides is 1. The fourth-order valence-electron chi connectivity index (χ4n) is 2.21. The van der Waals surface area contributed by atoms with E-state index < -0.39 is 5.91 Å². The molecule has 0 saturated heterocycles. The number of aromatic nitrogens is 2. The highest BCUT2D eigenvalue weighted by Crippen LogP contribution is 2.29. The van der Waals surface area contributed by atoms with Crippen LogP contribution in [-0.4, -0.2) is 22.6 Å². The zero-order chi connectivity index (χ0) is 14.1. The SMILES string of the molecule is COc1cc(-c2ccccc2)cn2ncc(C(N)=O)c12. The zero-order valence-corrected chi connectivity index (χ0v) is 10.9. The van der Waals surface area contributed by atoms with Crippen molar-refractivity contribution in [3.05, 3.63) is 54.4 Å². The van der Waals surface area contributed by atoms with Gasteiger partial charge in [0, 0.05) is 11.8 Å². The van der Waals surface area contributed by atoms with Crippen LogP contribution in [0.25, 0.3) is 16.6 Å². The van der Waals surface area contributed by atoms with Gasteiger partial charge in [-0.15, -0.1) is 0 Å². The number of benzene rings is 1. The van der Waals surface area contributed by atoms with Gasteiger partial charge in [0.1, 0.15) is 11.3 Å². The number of amides is 1. The van der Waals surface area contributed by atoms with Crippen LogP contribution in [0.4, 0.5) is 0 Å². The van der Waals surface area contributed by atoms with Crippen LogP contribution in [0, 0.1) is 0 Å². The average Bonchev–Trinajstić information content (AvgIpc) is 2.91. The maximum Gasteiger partial charge on any atom is 0.252 e. The minimum absolute atomic E-state index is 0.349. The molecule has 0 aliphatic heterocycles. The fourth-order valence-corrected chi connectivity index (χ4v) is 2.21. The maximum atomic E-state index is 11.4. The smallest absolute Gasteiger partial charge is 0.252 e. The van der Waals surface area contributed by atoms with E-state index in [2.05, 4.69) is 5.10 Å². The molecular weight excluding hydrogens is 254 g/mol. The van der Waals surface area contributed by atoms with E-state index in [1.807, 2.05) is 42.6 Å². The summed E-state index contributed by atoms with van der Waals surface area (Å²) in [6.07, 6.45) is 3.30. The van der Waals surface area contributed by atoms with Gasteiger partial charge >= 0.3 is 0 Å². The van der Waals surface area contributed by atoms with Crippen molar-refractivity contribution in [2.24, 2.45) is 5.73 Å². The van der Waals surface area contributed by atoms with Gasteiger partial charge in [0.05, 0.1) is 18.9 Å². The number of carbonyl (C=O) groups is 1. The topological polar surface area (TPSA) is 69.6 Å². The second kappa shape index (κ2) is 4.70. The maximum absolute atomic E-state index is 11.4. The van der Waals surface area contributed by atoms with Gasteiger partial charge in [0.2, 0.25) is 0 Å². The van der Waals surface area contributed by atoms with Crippen molar-refractivity contribution in [1.29, 1.82) is 0 Å². The van der Waals surface area contributed by atoms with Crippen molar-refractivity contribution in [2.45, 2.75) is 0 Å². The highest BCUT2D eigenvalue weighted by atomic mass is 16.5. The van der Waals surface area contributed by atoms with E-state index in [-0.39, 0.29) is 0 Å². The Morgan fingerprint density at radius 2 is 2.00 bits per heavy atom. The van der Waals surface area contributed by atoms with Gasteiger partial charge in [0.25, 0.3) is 5.91 Å². The van der Waals surface area contributed by atoms with E-state index in [4.69, 9.17) is 10.5 Å². The molecule has 0 bridgehead atoms. The summed E-state index contributed by atoms with van der Waals surface area (Å²) in [7, 11) is 1.56. The van der Waals surface area contributed by atoms with Crippen LogP contribution in [0.5, 0.6) is 5.75 Å². The van der Waals surface area contributed by atoms with E-state index in [1.54, 1.807) is 11.6 Å². The van der Waals surface area contributed by atoms with Crippen LogP contribution in [0.2, 0.25) is 0 Å². The van der Waals surface area contributed by atoms with Crippen molar-refractivity contribution in [1.82, 2.24) is 9.61 Å². The first kappa shape index (κ1) is 12.2. The van der Waals surface area contributed by atoms with Gasteiger partial charge in [-0.2, -0.15) is 5.10 Å². The van der Waals surface area contributed by atoms with Crippen LogP contribution in [0.15, 0.2) is 48.8 Å². The largest absolute Gasteiger partial charge is 0.494 e. The van der Waals surface area contributed by atoms with E-state index >= 15 is 0 Å². The Bertz CT molecular complexity index is 778. The second-order valence-electron chi connectivity index (χ2n) is 4.38.